The first-order valence-corrected chi connectivity index (χ1v) is 9.64. The van der Waals surface area contributed by atoms with Crippen molar-refractivity contribution >= 4 is 40.9 Å². The normalized spacial score (nSPS) is 11.3. The monoisotopic (exact) mass is 381 g/mol. The second kappa shape index (κ2) is 8.80. The van der Waals surface area contributed by atoms with Gasteiger partial charge in [-0.15, -0.1) is 11.8 Å². The number of amides is 1. The number of nitrogens with one attached hydrogen (secondary N) is 1. The zero-order valence-electron chi connectivity index (χ0n) is 13.8. The van der Waals surface area contributed by atoms with Crippen LogP contribution in [-0.4, -0.2) is 17.2 Å². The second-order valence-electron chi connectivity index (χ2n) is 6.29. The molecule has 0 aromatic heterocycles. The van der Waals surface area contributed by atoms with Crippen LogP contribution in [0.1, 0.15) is 25.0 Å². The first kappa shape index (κ1) is 19.2. The Bertz CT molecular complexity index is 669. The number of hydrogen-bond donors (Lipinski definition) is 1. The lowest BCUT2D eigenvalue weighted by molar-refractivity contribution is -0.120. The Morgan fingerprint density at radius 1 is 1.04 bits per heavy atom. The molecule has 2 nitrogen and oxygen atoms in total. The highest BCUT2D eigenvalue weighted by Crippen LogP contribution is 2.28. The van der Waals surface area contributed by atoms with E-state index >= 15 is 0 Å². The third-order valence-electron chi connectivity index (χ3n) is 3.51. The van der Waals surface area contributed by atoms with Crippen LogP contribution in [0.3, 0.4) is 0 Å². The lowest BCUT2D eigenvalue weighted by Gasteiger charge is -2.26. The molecule has 0 fully saturated rings. The Morgan fingerprint density at radius 3 is 2.29 bits per heavy atom. The molecule has 0 aliphatic heterocycles. The number of benzene rings is 2. The summed E-state index contributed by atoms with van der Waals surface area (Å²) in [7, 11) is 0. The van der Waals surface area contributed by atoms with E-state index in [-0.39, 0.29) is 11.4 Å². The maximum Gasteiger partial charge on any atom is 0.230 e. The lowest BCUT2D eigenvalue weighted by Crippen LogP contribution is -2.45. The predicted molar refractivity (Wildman–Crippen MR) is 105 cm³/mol. The number of carbonyl (C=O) groups is 1. The minimum atomic E-state index is -0.291. The molecular weight excluding hydrogens is 361 g/mol. The largest absolute Gasteiger partial charge is 0.350 e. The molecule has 0 aliphatic carbocycles. The van der Waals surface area contributed by atoms with E-state index in [1.54, 1.807) is 0 Å². The second-order valence-corrected chi connectivity index (χ2v) is 8.09. The Hall–Kier alpha value is -1.16. The molecule has 2 aromatic carbocycles. The van der Waals surface area contributed by atoms with Gasteiger partial charge in [0.05, 0.1) is 5.75 Å². The first-order chi connectivity index (χ1) is 11.4. The van der Waals surface area contributed by atoms with E-state index in [0.717, 1.165) is 12.0 Å². The van der Waals surface area contributed by atoms with Crippen LogP contribution in [0.15, 0.2) is 48.5 Å². The van der Waals surface area contributed by atoms with E-state index < -0.39 is 0 Å². The van der Waals surface area contributed by atoms with Crippen LogP contribution in [0.5, 0.6) is 0 Å². The summed E-state index contributed by atoms with van der Waals surface area (Å²) in [6.07, 6.45) is 0.792. The quantitative estimate of drug-likeness (QED) is 0.698. The van der Waals surface area contributed by atoms with Crippen LogP contribution in [0.4, 0.5) is 0 Å². The van der Waals surface area contributed by atoms with Crippen molar-refractivity contribution < 1.29 is 4.79 Å². The highest BCUT2D eigenvalue weighted by atomic mass is 35.5. The van der Waals surface area contributed by atoms with Gasteiger partial charge in [0.2, 0.25) is 5.91 Å². The summed E-state index contributed by atoms with van der Waals surface area (Å²) in [4.78, 5) is 12.2. The fourth-order valence-electron chi connectivity index (χ4n) is 2.48. The van der Waals surface area contributed by atoms with Crippen LogP contribution in [-0.2, 0) is 17.0 Å². The molecule has 0 saturated heterocycles. The minimum Gasteiger partial charge on any atom is -0.350 e. The summed E-state index contributed by atoms with van der Waals surface area (Å²) in [6.45, 7) is 4.07. The van der Waals surface area contributed by atoms with E-state index in [2.05, 4.69) is 17.4 Å². The molecule has 0 radical (unpaired) electrons. The molecule has 1 amide bonds. The summed E-state index contributed by atoms with van der Waals surface area (Å²) in [5.74, 6) is 1.01. The fourth-order valence-corrected chi connectivity index (χ4v) is 4.04. The van der Waals surface area contributed by atoms with Gasteiger partial charge >= 0.3 is 0 Å². The summed E-state index contributed by atoms with van der Waals surface area (Å²) >= 11 is 13.8. The Balaban J connectivity index is 1.82. The van der Waals surface area contributed by atoms with Gasteiger partial charge in [0.15, 0.2) is 0 Å². The van der Waals surface area contributed by atoms with Gasteiger partial charge in [0.25, 0.3) is 0 Å². The topological polar surface area (TPSA) is 29.1 Å². The van der Waals surface area contributed by atoms with Gasteiger partial charge in [-0.3, -0.25) is 4.79 Å². The maximum absolute atomic E-state index is 12.2. The molecule has 0 aliphatic rings. The number of hydrogen-bond acceptors (Lipinski definition) is 2. The van der Waals surface area contributed by atoms with E-state index in [9.17, 15) is 4.79 Å². The van der Waals surface area contributed by atoms with Crippen molar-refractivity contribution in [3.05, 3.63) is 69.7 Å². The van der Waals surface area contributed by atoms with Crippen molar-refractivity contribution in [2.45, 2.75) is 31.6 Å². The van der Waals surface area contributed by atoms with Gasteiger partial charge in [-0.25, -0.2) is 0 Å². The standard InChI is InChI=1S/C19H21Cl2NOS/c1-19(2,11-14-7-4-3-5-8-14)22-18(23)13-24-12-15-16(20)9-6-10-17(15)21/h3-10H,11-13H2,1-2H3,(H,22,23). The highest BCUT2D eigenvalue weighted by Gasteiger charge is 2.20. The predicted octanol–water partition coefficient (Wildman–Crippen LogP) is 5.36. The van der Waals surface area contributed by atoms with Crippen molar-refractivity contribution in [2.24, 2.45) is 0 Å². The molecule has 2 rings (SSSR count). The Morgan fingerprint density at radius 2 is 1.67 bits per heavy atom. The van der Waals surface area contributed by atoms with E-state index in [4.69, 9.17) is 23.2 Å². The number of carbonyl (C=O) groups excluding carboxylic acids is 1. The van der Waals surface area contributed by atoms with E-state index in [0.29, 0.717) is 21.6 Å². The summed E-state index contributed by atoms with van der Waals surface area (Å²) in [5, 5.41) is 4.37. The van der Waals surface area contributed by atoms with Crippen LogP contribution in [0.25, 0.3) is 0 Å². The van der Waals surface area contributed by atoms with Crippen molar-refractivity contribution in [1.29, 1.82) is 0 Å². The van der Waals surface area contributed by atoms with Crippen molar-refractivity contribution in [2.75, 3.05) is 5.75 Å². The summed E-state index contributed by atoms with van der Waals surface area (Å²) in [6, 6.07) is 15.6. The molecule has 0 spiro atoms. The minimum absolute atomic E-state index is 0.0177. The van der Waals surface area contributed by atoms with E-state index in [1.165, 1.54) is 17.3 Å². The van der Waals surface area contributed by atoms with Gasteiger partial charge < -0.3 is 5.32 Å². The third kappa shape index (κ3) is 6.04. The van der Waals surface area contributed by atoms with Crippen molar-refractivity contribution in [1.82, 2.24) is 5.32 Å². The van der Waals surface area contributed by atoms with Gasteiger partial charge in [0.1, 0.15) is 0 Å². The van der Waals surface area contributed by atoms with Crippen LogP contribution in [0.2, 0.25) is 10.0 Å². The number of thioether (sulfide) groups is 1. The molecule has 0 unspecified atom stereocenters. The molecule has 24 heavy (non-hydrogen) atoms. The van der Waals surface area contributed by atoms with Gasteiger partial charge in [0, 0.05) is 21.3 Å². The highest BCUT2D eigenvalue weighted by molar-refractivity contribution is 7.99. The summed E-state index contributed by atoms with van der Waals surface area (Å²) < 4.78 is 0. The number of halogens is 2. The van der Waals surface area contributed by atoms with Crippen LogP contribution < -0.4 is 5.32 Å². The lowest BCUT2D eigenvalue weighted by atomic mass is 9.95. The van der Waals surface area contributed by atoms with Crippen LogP contribution in [0, 0.1) is 0 Å². The zero-order chi connectivity index (χ0) is 17.6. The first-order valence-electron chi connectivity index (χ1n) is 7.73. The molecule has 0 saturated carbocycles. The molecule has 0 atom stereocenters. The van der Waals surface area contributed by atoms with Crippen molar-refractivity contribution in [3.63, 3.8) is 0 Å². The smallest absolute Gasteiger partial charge is 0.230 e. The molecule has 2 aromatic rings. The van der Waals surface area contributed by atoms with Gasteiger partial charge in [-0.05, 0) is 43.5 Å². The zero-order valence-corrected chi connectivity index (χ0v) is 16.1. The molecule has 5 heteroatoms. The Labute approximate surface area is 157 Å². The van der Waals surface area contributed by atoms with Gasteiger partial charge in [-0.1, -0.05) is 59.6 Å². The number of rotatable bonds is 7. The Kier molecular flexibility index (Phi) is 7.02. The average Bonchev–Trinajstić information content (AvgIpc) is 2.50. The average molecular weight is 382 g/mol. The molecule has 1 N–H and O–H groups in total. The fraction of sp³-hybridized carbons (Fsp3) is 0.316. The van der Waals surface area contributed by atoms with Gasteiger partial charge in [-0.2, -0.15) is 0 Å². The molecular formula is C19H21Cl2NOS. The van der Waals surface area contributed by atoms with E-state index in [1.807, 2.05) is 50.2 Å². The third-order valence-corrected chi connectivity index (χ3v) is 5.18. The van der Waals surface area contributed by atoms with Crippen LogP contribution >= 0.6 is 35.0 Å². The SMILES string of the molecule is CC(C)(Cc1ccccc1)NC(=O)CSCc1c(Cl)cccc1Cl. The maximum atomic E-state index is 12.2. The molecule has 0 bridgehead atoms. The molecule has 0 heterocycles. The van der Waals surface area contributed by atoms with Crippen molar-refractivity contribution in [3.8, 4) is 0 Å². The summed E-state index contributed by atoms with van der Waals surface area (Å²) in [5.41, 5.74) is 1.79. The molecule has 128 valence electrons.